The molecule has 1 unspecified atom stereocenters. The molecule has 1 N–H and O–H groups in total. The van der Waals surface area contributed by atoms with Gasteiger partial charge in [-0.3, -0.25) is 9.58 Å². The molecule has 0 aromatic carbocycles. The van der Waals surface area contributed by atoms with Crippen molar-refractivity contribution in [2.24, 2.45) is 7.05 Å². The van der Waals surface area contributed by atoms with Crippen LogP contribution in [0.4, 0.5) is 0 Å². The van der Waals surface area contributed by atoms with Crippen molar-refractivity contribution < 1.29 is 0 Å². The van der Waals surface area contributed by atoms with Gasteiger partial charge in [0.15, 0.2) is 0 Å². The lowest BCUT2D eigenvalue weighted by atomic mass is 10.2. The molecule has 4 nitrogen and oxygen atoms in total. The lowest BCUT2D eigenvalue weighted by Crippen LogP contribution is -2.38. The van der Waals surface area contributed by atoms with Crippen LogP contribution in [0.15, 0.2) is 12.4 Å². The summed E-state index contributed by atoms with van der Waals surface area (Å²) in [6.07, 6.45) is 5.17. The number of likely N-dealkylation sites (N-methyl/N-ethyl adjacent to an activating group) is 2. The third-order valence-electron chi connectivity index (χ3n) is 2.72. The Bertz CT molecular complexity index is 282. The Labute approximate surface area is 92.3 Å². The van der Waals surface area contributed by atoms with Crippen LogP contribution >= 0.6 is 0 Å². The fraction of sp³-hybridized carbons (Fsp3) is 0.727. The summed E-state index contributed by atoms with van der Waals surface area (Å²) in [6.45, 7) is 4.23. The monoisotopic (exact) mass is 210 g/mol. The van der Waals surface area contributed by atoms with E-state index >= 15 is 0 Å². The minimum absolute atomic E-state index is 0.593. The lowest BCUT2D eigenvalue weighted by Gasteiger charge is -2.26. The van der Waals surface area contributed by atoms with Crippen molar-refractivity contribution in [1.82, 2.24) is 20.0 Å². The summed E-state index contributed by atoms with van der Waals surface area (Å²) < 4.78 is 1.85. The second kappa shape index (κ2) is 5.88. The Kier molecular flexibility index (Phi) is 4.78. The van der Waals surface area contributed by atoms with Crippen LogP contribution in [0, 0.1) is 0 Å². The maximum atomic E-state index is 4.18. The minimum atomic E-state index is 0.593. The molecule has 1 aromatic heterocycles. The van der Waals surface area contributed by atoms with Crippen LogP contribution in [-0.2, 0) is 13.6 Å². The van der Waals surface area contributed by atoms with E-state index in [-0.39, 0.29) is 0 Å². The lowest BCUT2D eigenvalue weighted by molar-refractivity contribution is 0.224. The van der Waals surface area contributed by atoms with Gasteiger partial charge in [0, 0.05) is 37.9 Å². The third-order valence-corrected chi connectivity index (χ3v) is 2.72. The smallest absolute Gasteiger partial charge is 0.0534 e. The molecule has 86 valence electrons. The van der Waals surface area contributed by atoms with Crippen molar-refractivity contribution in [1.29, 1.82) is 0 Å². The molecule has 4 heteroatoms. The van der Waals surface area contributed by atoms with Crippen molar-refractivity contribution in [3.63, 3.8) is 0 Å². The zero-order valence-electron chi connectivity index (χ0n) is 10.2. The van der Waals surface area contributed by atoms with Crippen LogP contribution in [0.1, 0.15) is 18.9 Å². The first-order chi connectivity index (χ1) is 7.17. The molecule has 0 spiro atoms. The molecule has 15 heavy (non-hydrogen) atoms. The molecular weight excluding hydrogens is 188 g/mol. The minimum Gasteiger partial charge on any atom is -0.318 e. The van der Waals surface area contributed by atoms with Gasteiger partial charge in [0.2, 0.25) is 0 Å². The van der Waals surface area contributed by atoms with Crippen LogP contribution in [0.25, 0.3) is 0 Å². The van der Waals surface area contributed by atoms with E-state index in [0.717, 1.165) is 19.5 Å². The molecule has 0 saturated heterocycles. The van der Waals surface area contributed by atoms with Gasteiger partial charge in [0.05, 0.1) is 6.20 Å². The van der Waals surface area contributed by atoms with E-state index < -0.39 is 0 Å². The average Bonchev–Trinajstić information content (AvgIpc) is 2.60. The number of aryl methyl sites for hydroxylation is 1. The average molecular weight is 210 g/mol. The third kappa shape index (κ3) is 3.64. The number of aromatic nitrogens is 2. The van der Waals surface area contributed by atoms with Crippen molar-refractivity contribution in [2.75, 3.05) is 20.6 Å². The Morgan fingerprint density at radius 3 is 2.80 bits per heavy atom. The fourth-order valence-electron chi connectivity index (χ4n) is 1.82. The van der Waals surface area contributed by atoms with E-state index in [9.17, 15) is 0 Å². The van der Waals surface area contributed by atoms with Gasteiger partial charge in [-0.1, -0.05) is 6.92 Å². The molecule has 0 aliphatic heterocycles. The summed E-state index contributed by atoms with van der Waals surface area (Å²) in [5.41, 5.74) is 1.27. The van der Waals surface area contributed by atoms with Gasteiger partial charge in [-0.15, -0.1) is 0 Å². The van der Waals surface area contributed by atoms with E-state index in [1.165, 1.54) is 5.56 Å². The van der Waals surface area contributed by atoms with Crippen LogP contribution < -0.4 is 5.32 Å². The maximum Gasteiger partial charge on any atom is 0.0534 e. The summed E-state index contributed by atoms with van der Waals surface area (Å²) in [7, 11) is 6.12. The molecule has 0 aliphatic carbocycles. The Morgan fingerprint density at radius 2 is 2.33 bits per heavy atom. The van der Waals surface area contributed by atoms with Crippen molar-refractivity contribution in [3.8, 4) is 0 Å². The molecule has 0 amide bonds. The van der Waals surface area contributed by atoms with Crippen LogP contribution in [-0.4, -0.2) is 41.4 Å². The van der Waals surface area contributed by atoms with Gasteiger partial charge in [-0.25, -0.2) is 0 Å². The first kappa shape index (κ1) is 12.2. The largest absolute Gasteiger partial charge is 0.318 e. The summed E-state index contributed by atoms with van der Waals surface area (Å²) in [4.78, 5) is 2.37. The standard InChI is InChI=1S/C11H22N4/c1-5-11(7-12-2)14(3)8-10-6-13-15(4)9-10/h6,9,11-12H,5,7-8H2,1-4H3. The Morgan fingerprint density at radius 1 is 1.60 bits per heavy atom. The quantitative estimate of drug-likeness (QED) is 0.755. The van der Waals surface area contributed by atoms with Gasteiger partial charge in [0.25, 0.3) is 0 Å². The Hall–Kier alpha value is -0.870. The maximum absolute atomic E-state index is 4.18. The van der Waals surface area contributed by atoms with Crippen LogP contribution in [0.5, 0.6) is 0 Å². The molecule has 1 atom stereocenters. The van der Waals surface area contributed by atoms with E-state index in [2.05, 4.69) is 35.5 Å². The molecule has 0 aliphatic rings. The predicted octanol–water partition coefficient (Wildman–Crippen LogP) is 0.850. The van der Waals surface area contributed by atoms with Gasteiger partial charge in [-0.2, -0.15) is 5.10 Å². The highest BCUT2D eigenvalue weighted by molar-refractivity contribution is 5.03. The zero-order chi connectivity index (χ0) is 11.3. The van der Waals surface area contributed by atoms with Crippen molar-refractivity contribution >= 4 is 0 Å². The topological polar surface area (TPSA) is 33.1 Å². The molecule has 0 saturated carbocycles. The SMILES string of the molecule is CCC(CNC)N(C)Cc1cnn(C)c1. The summed E-state index contributed by atoms with van der Waals surface area (Å²) in [5, 5.41) is 7.40. The number of hydrogen-bond donors (Lipinski definition) is 1. The van der Waals surface area contributed by atoms with Crippen molar-refractivity contribution in [3.05, 3.63) is 18.0 Å². The van der Waals surface area contributed by atoms with Crippen LogP contribution in [0.2, 0.25) is 0 Å². The highest BCUT2D eigenvalue weighted by atomic mass is 15.2. The molecule has 0 fully saturated rings. The molecule has 1 aromatic rings. The number of rotatable bonds is 6. The second-order valence-corrected chi connectivity index (χ2v) is 4.06. The summed E-state index contributed by atoms with van der Waals surface area (Å²) >= 11 is 0. The van der Waals surface area contributed by atoms with E-state index in [1.54, 1.807) is 0 Å². The van der Waals surface area contributed by atoms with E-state index in [4.69, 9.17) is 0 Å². The highest BCUT2D eigenvalue weighted by Gasteiger charge is 2.12. The van der Waals surface area contributed by atoms with Crippen molar-refractivity contribution in [2.45, 2.75) is 25.9 Å². The van der Waals surface area contributed by atoms with Crippen LogP contribution in [0.3, 0.4) is 0 Å². The van der Waals surface area contributed by atoms with Gasteiger partial charge >= 0.3 is 0 Å². The molecular formula is C11H22N4. The van der Waals surface area contributed by atoms with Gasteiger partial charge in [0.1, 0.15) is 0 Å². The predicted molar refractivity (Wildman–Crippen MR) is 62.7 cm³/mol. The van der Waals surface area contributed by atoms with Gasteiger partial charge < -0.3 is 5.32 Å². The first-order valence-electron chi connectivity index (χ1n) is 5.49. The molecule has 0 bridgehead atoms. The molecule has 0 radical (unpaired) electrons. The van der Waals surface area contributed by atoms with E-state index in [0.29, 0.717) is 6.04 Å². The Balaban J connectivity index is 2.49. The first-order valence-corrected chi connectivity index (χ1v) is 5.49. The fourth-order valence-corrected chi connectivity index (χ4v) is 1.82. The number of nitrogens with zero attached hydrogens (tertiary/aromatic N) is 3. The highest BCUT2D eigenvalue weighted by Crippen LogP contribution is 2.07. The van der Waals surface area contributed by atoms with Gasteiger partial charge in [-0.05, 0) is 20.5 Å². The normalized spacial score (nSPS) is 13.4. The summed E-state index contributed by atoms with van der Waals surface area (Å²) in [6, 6.07) is 0.593. The number of hydrogen-bond acceptors (Lipinski definition) is 3. The summed E-state index contributed by atoms with van der Waals surface area (Å²) in [5.74, 6) is 0. The van der Waals surface area contributed by atoms with E-state index in [1.807, 2.05) is 25.0 Å². The second-order valence-electron chi connectivity index (χ2n) is 4.06. The molecule has 1 rings (SSSR count). The number of nitrogens with one attached hydrogen (secondary N) is 1. The molecule has 1 heterocycles. The zero-order valence-corrected chi connectivity index (χ0v) is 10.2.